The van der Waals surface area contributed by atoms with Crippen LogP contribution in [-0.4, -0.2) is 15.1 Å². The number of aromatic nitrogens is 2. The maximum absolute atomic E-state index is 11.3. The molecule has 0 amide bonds. The van der Waals surface area contributed by atoms with Crippen molar-refractivity contribution in [3.8, 4) is 0 Å². The van der Waals surface area contributed by atoms with Gasteiger partial charge in [-0.3, -0.25) is 14.8 Å². The summed E-state index contributed by atoms with van der Waals surface area (Å²) < 4.78 is 0. The predicted molar refractivity (Wildman–Crippen MR) is 97.3 cm³/mol. The van der Waals surface area contributed by atoms with Gasteiger partial charge in [0.05, 0.1) is 5.69 Å². The van der Waals surface area contributed by atoms with E-state index < -0.39 is 0 Å². The molecule has 1 heterocycles. The molecule has 0 saturated heterocycles. The van der Waals surface area contributed by atoms with Gasteiger partial charge in [0.25, 0.3) is 5.56 Å². The van der Waals surface area contributed by atoms with Gasteiger partial charge in [-0.1, -0.05) is 53.5 Å². The van der Waals surface area contributed by atoms with Gasteiger partial charge >= 0.3 is 0 Å². The first-order valence-corrected chi connectivity index (χ1v) is 8.32. The van der Waals surface area contributed by atoms with Crippen LogP contribution in [0.2, 0.25) is 10.0 Å². The van der Waals surface area contributed by atoms with Crippen molar-refractivity contribution in [1.82, 2.24) is 15.1 Å². The van der Waals surface area contributed by atoms with Crippen molar-refractivity contribution in [3.05, 3.63) is 91.8 Å². The molecule has 0 aliphatic heterocycles. The van der Waals surface area contributed by atoms with Gasteiger partial charge in [-0.25, -0.2) is 0 Å². The second-order valence-electron chi connectivity index (χ2n) is 5.69. The first-order chi connectivity index (χ1) is 11.6. The van der Waals surface area contributed by atoms with E-state index in [1.54, 1.807) is 12.1 Å². The second-order valence-corrected chi connectivity index (χ2v) is 6.57. The minimum Gasteiger partial charge on any atom is -0.301 e. The molecule has 3 rings (SSSR count). The fourth-order valence-corrected chi connectivity index (χ4v) is 3.24. The molecule has 0 aliphatic carbocycles. The monoisotopic (exact) mass is 361 g/mol. The first kappa shape index (κ1) is 16.8. The maximum Gasteiger partial charge on any atom is 0.264 e. The smallest absolute Gasteiger partial charge is 0.264 e. The summed E-state index contributed by atoms with van der Waals surface area (Å²) in [5.41, 5.74) is 2.93. The van der Waals surface area contributed by atoms with E-state index in [2.05, 4.69) is 27.2 Å². The molecule has 24 heavy (non-hydrogen) atoms. The number of H-pyrrole nitrogens is 2. The van der Waals surface area contributed by atoms with E-state index >= 15 is 0 Å². The number of hydrogen-bond donors (Lipinski definition) is 2. The van der Waals surface area contributed by atoms with Gasteiger partial charge in [0.15, 0.2) is 0 Å². The van der Waals surface area contributed by atoms with Crippen molar-refractivity contribution < 1.29 is 0 Å². The number of benzene rings is 2. The number of nitrogens with one attached hydrogen (secondary N) is 2. The van der Waals surface area contributed by atoms with Crippen molar-refractivity contribution in [1.29, 1.82) is 0 Å². The molecule has 0 bridgehead atoms. The Hall–Kier alpha value is -2.01. The third-order valence-electron chi connectivity index (χ3n) is 3.62. The van der Waals surface area contributed by atoms with Crippen LogP contribution in [0.4, 0.5) is 0 Å². The topological polar surface area (TPSA) is 51.9 Å². The van der Waals surface area contributed by atoms with Gasteiger partial charge in [-0.2, -0.15) is 0 Å². The highest BCUT2D eigenvalue weighted by molar-refractivity contribution is 6.34. The average molecular weight is 362 g/mol. The number of rotatable bonds is 6. The van der Waals surface area contributed by atoms with E-state index in [0.717, 1.165) is 17.8 Å². The average Bonchev–Trinajstić information content (AvgIpc) is 2.92. The molecule has 6 heteroatoms. The molecule has 0 atom stereocenters. The molecule has 124 valence electrons. The summed E-state index contributed by atoms with van der Waals surface area (Å²) in [6.07, 6.45) is 0. The van der Waals surface area contributed by atoms with Crippen LogP contribution in [0.5, 0.6) is 0 Å². The Kier molecular flexibility index (Phi) is 5.41. The summed E-state index contributed by atoms with van der Waals surface area (Å²) in [6, 6.07) is 17.3. The Labute approximate surface area is 150 Å². The molecule has 2 N–H and O–H groups in total. The zero-order chi connectivity index (χ0) is 16.9. The van der Waals surface area contributed by atoms with Gasteiger partial charge in [-0.15, -0.1) is 0 Å². The summed E-state index contributed by atoms with van der Waals surface area (Å²) >= 11 is 12.2. The van der Waals surface area contributed by atoms with Crippen molar-refractivity contribution in [3.63, 3.8) is 0 Å². The minimum atomic E-state index is -0.129. The van der Waals surface area contributed by atoms with Crippen molar-refractivity contribution in [2.75, 3.05) is 0 Å². The highest BCUT2D eigenvalue weighted by Gasteiger charge is 2.11. The molecule has 3 aromatic rings. The van der Waals surface area contributed by atoms with Crippen molar-refractivity contribution >= 4 is 23.2 Å². The number of hydrogen-bond acceptors (Lipinski definition) is 2. The second kappa shape index (κ2) is 7.71. The molecule has 4 nitrogen and oxygen atoms in total. The summed E-state index contributed by atoms with van der Waals surface area (Å²) in [5, 5.41) is 6.71. The molecule has 0 unspecified atom stereocenters. The van der Waals surface area contributed by atoms with Crippen LogP contribution in [0.1, 0.15) is 16.8 Å². The lowest BCUT2D eigenvalue weighted by atomic mass is 10.1. The normalized spacial score (nSPS) is 11.1. The summed E-state index contributed by atoms with van der Waals surface area (Å²) in [7, 11) is 0. The Morgan fingerprint density at radius 1 is 0.792 bits per heavy atom. The van der Waals surface area contributed by atoms with Crippen molar-refractivity contribution in [2.45, 2.75) is 19.6 Å². The van der Waals surface area contributed by atoms with Gasteiger partial charge in [-0.05, 0) is 29.3 Å². The van der Waals surface area contributed by atoms with Crippen LogP contribution in [0.15, 0.2) is 59.4 Å². The van der Waals surface area contributed by atoms with Crippen LogP contribution in [0, 0.1) is 0 Å². The summed E-state index contributed by atoms with van der Waals surface area (Å²) in [5.74, 6) is 0. The molecular formula is C18H17Cl2N3O. The SMILES string of the molecule is O=c1cc(CN(Cc2ccccc2)Cc2cc(Cl)cc(Cl)c2)[nH][nH]1. The van der Waals surface area contributed by atoms with E-state index in [9.17, 15) is 4.79 Å². The van der Waals surface area contributed by atoms with Crippen LogP contribution < -0.4 is 5.56 Å². The van der Waals surface area contributed by atoms with Crippen LogP contribution in [-0.2, 0) is 19.6 Å². The lowest BCUT2D eigenvalue weighted by molar-refractivity contribution is 0.244. The molecule has 0 spiro atoms. The number of aromatic amines is 2. The Bertz CT molecular complexity index is 838. The Balaban J connectivity index is 1.81. The highest BCUT2D eigenvalue weighted by atomic mass is 35.5. The highest BCUT2D eigenvalue weighted by Crippen LogP contribution is 2.21. The van der Waals surface area contributed by atoms with Gasteiger partial charge in [0.2, 0.25) is 0 Å². The Morgan fingerprint density at radius 3 is 2.08 bits per heavy atom. The standard InChI is InChI=1S/C18H17Cl2N3O/c19-15-6-14(7-16(20)8-15)11-23(10-13-4-2-1-3-5-13)12-17-9-18(24)22-21-17/h1-9H,10-12H2,(H2,21,22,24). The third-order valence-corrected chi connectivity index (χ3v) is 4.06. The summed E-state index contributed by atoms with van der Waals surface area (Å²) in [4.78, 5) is 13.6. The molecular weight excluding hydrogens is 345 g/mol. The van der Waals surface area contributed by atoms with Crippen molar-refractivity contribution in [2.24, 2.45) is 0 Å². The number of halogens is 2. The largest absolute Gasteiger partial charge is 0.301 e. The van der Waals surface area contributed by atoms with Crippen LogP contribution in [0.25, 0.3) is 0 Å². The van der Waals surface area contributed by atoms with E-state index in [4.69, 9.17) is 23.2 Å². The first-order valence-electron chi connectivity index (χ1n) is 7.56. The molecule has 0 fully saturated rings. The fourth-order valence-electron chi connectivity index (χ4n) is 2.67. The quantitative estimate of drug-likeness (QED) is 0.690. The lowest BCUT2D eigenvalue weighted by Crippen LogP contribution is -2.22. The third kappa shape index (κ3) is 4.74. The Morgan fingerprint density at radius 2 is 1.46 bits per heavy atom. The molecule has 0 aliphatic rings. The molecule has 0 saturated carbocycles. The summed E-state index contributed by atoms with van der Waals surface area (Å²) in [6.45, 7) is 2.03. The van der Waals surface area contributed by atoms with Gasteiger partial charge in [0.1, 0.15) is 0 Å². The zero-order valence-corrected chi connectivity index (χ0v) is 14.4. The molecule has 2 aromatic carbocycles. The zero-order valence-electron chi connectivity index (χ0n) is 12.9. The van der Waals surface area contributed by atoms with Gasteiger partial charge in [0, 0.05) is 35.7 Å². The van der Waals surface area contributed by atoms with Crippen LogP contribution in [0.3, 0.4) is 0 Å². The molecule has 1 aromatic heterocycles. The van der Waals surface area contributed by atoms with Crippen LogP contribution >= 0.6 is 23.2 Å². The van der Waals surface area contributed by atoms with E-state index in [1.807, 2.05) is 30.3 Å². The fraction of sp³-hybridized carbons (Fsp3) is 0.167. The van der Waals surface area contributed by atoms with E-state index in [-0.39, 0.29) is 5.56 Å². The minimum absolute atomic E-state index is 0.129. The van der Waals surface area contributed by atoms with E-state index in [0.29, 0.717) is 23.1 Å². The lowest BCUT2D eigenvalue weighted by Gasteiger charge is -2.22. The maximum atomic E-state index is 11.3. The van der Waals surface area contributed by atoms with Gasteiger partial charge < -0.3 is 5.10 Å². The molecule has 0 radical (unpaired) electrons. The number of nitrogens with zero attached hydrogens (tertiary/aromatic N) is 1. The predicted octanol–water partition coefficient (Wildman–Crippen LogP) is 4.21. The van der Waals surface area contributed by atoms with E-state index in [1.165, 1.54) is 5.56 Å².